The lowest BCUT2D eigenvalue weighted by Gasteiger charge is -2.09. The predicted molar refractivity (Wildman–Crippen MR) is 83.1 cm³/mol. The number of benzene rings is 1. The van der Waals surface area contributed by atoms with Crippen molar-refractivity contribution in [3.8, 4) is 5.75 Å². The average molecular weight is 402 g/mol. The fraction of sp³-hybridized carbons (Fsp3) is 0.455. The topological polar surface area (TPSA) is 113 Å². The molecule has 0 heterocycles. The maximum atomic E-state index is 10.9. The van der Waals surface area contributed by atoms with Crippen LogP contribution in [-0.2, 0) is 10.0 Å². The van der Waals surface area contributed by atoms with Gasteiger partial charge in [-0.05, 0) is 41.3 Å². The maximum Gasteiger partial charge on any atom is 0.313 e. The molecule has 0 saturated carbocycles. The van der Waals surface area contributed by atoms with Crippen LogP contribution in [0.15, 0.2) is 16.6 Å². The molecule has 0 aromatic heterocycles. The molecule has 7 nitrogen and oxygen atoms in total. The third-order valence-electron chi connectivity index (χ3n) is 2.51. The van der Waals surface area contributed by atoms with Crippen LogP contribution < -0.4 is 9.88 Å². The Bertz CT molecular complexity index is 623. The first kappa shape index (κ1) is 18.1. The Hall–Kier alpha value is -0.900. The predicted octanol–water partition coefficient (Wildman–Crippen LogP) is 2.85. The number of sulfonamides is 1. The SMILES string of the molecule is NS(=O)(=O)CCCCCOc1c(Br)cc(Cl)cc1[N+](=O)[O-]. The molecule has 0 aliphatic rings. The van der Waals surface area contributed by atoms with Crippen molar-refractivity contribution >= 4 is 43.2 Å². The van der Waals surface area contributed by atoms with Crippen molar-refractivity contribution < 1.29 is 18.1 Å². The molecule has 0 unspecified atom stereocenters. The van der Waals surface area contributed by atoms with Gasteiger partial charge in [-0.2, -0.15) is 0 Å². The van der Waals surface area contributed by atoms with Gasteiger partial charge in [-0.25, -0.2) is 13.6 Å². The van der Waals surface area contributed by atoms with E-state index < -0.39 is 14.9 Å². The lowest BCUT2D eigenvalue weighted by atomic mass is 10.2. The van der Waals surface area contributed by atoms with E-state index in [4.69, 9.17) is 21.5 Å². The Morgan fingerprint density at radius 3 is 2.57 bits per heavy atom. The monoisotopic (exact) mass is 400 g/mol. The maximum absolute atomic E-state index is 10.9. The zero-order chi connectivity index (χ0) is 16.0. The summed E-state index contributed by atoms with van der Waals surface area (Å²) in [6.45, 7) is 0.228. The third kappa shape index (κ3) is 6.60. The van der Waals surface area contributed by atoms with Crippen LogP contribution in [0.4, 0.5) is 5.69 Å². The second-order valence-electron chi connectivity index (χ2n) is 4.27. The molecule has 0 bridgehead atoms. The van der Waals surface area contributed by atoms with Crippen molar-refractivity contribution in [3.63, 3.8) is 0 Å². The molecule has 1 rings (SSSR count). The number of nitrogens with zero attached hydrogens (tertiary/aromatic N) is 1. The summed E-state index contributed by atoms with van der Waals surface area (Å²) in [5.41, 5.74) is -0.223. The van der Waals surface area contributed by atoms with Crippen molar-refractivity contribution in [2.24, 2.45) is 5.14 Å². The Kier molecular flexibility index (Phi) is 6.85. The minimum Gasteiger partial charge on any atom is -0.486 e. The van der Waals surface area contributed by atoms with Crippen LogP contribution in [0.5, 0.6) is 5.75 Å². The van der Waals surface area contributed by atoms with Gasteiger partial charge in [-0.1, -0.05) is 11.6 Å². The first-order valence-corrected chi connectivity index (χ1v) is 8.86. The smallest absolute Gasteiger partial charge is 0.313 e. The molecule has 10 heteroatoms. The molecule has 0 radical (unpaired) electrons. The lowest BCUT2D eigenvalue weighted by molar-refractivity contribution is -0.385. The van der Waals surface area contributed by atoms with Gasteiger partial charge < -0.3 is 4.74 Å². The van der Waals surface area contributed by atoms with Gasteiger partial charge in [0, 0.05) is 11.1 Å². The van der Waals surface area contributed by atoms with Crippen LogP contribution in [0.2, 0.25) is 5.02 Å². The molecule has 0 spiro atoms. The molecule has 0 atom stereocenters. The van der Waals surface area contributed by atoms with Crippen LogP contribution in [-0.4, -0.2) is 25.7 Å². The molecule has 1 aromatic rings. The largest absolute Gasteiger partial charge is 0.486 e. The van der Waals surface area contributed by atoms with E-state index in [0.29, 0.717) is 23.7 Å². The van der Waals surface area contributed by atoms with Gasteiger partial charge >= 0.3 is 5.69 Å². The molecule has 0 amide bonds. The summed E-state index contributed by atoms with van der Waals surface area (Å²) in [5, 5.41) is 16.0. The normalized spacial score (nSPS) is 11.4. The summed E-state index contributed by atoms with van der Waals surface area (Å²) in [6.07, 6.45) is 1.57. The Morgan fingerprint density at radius 2 is 2.00 bits per heavy atom. The minimum absolute atomic E-state index is 0.0855. The second kappa shape index (κ2) is 7.92. The number of ether oxygens (including phenoxy) is 1. The van der Waals surface area contributed by atoms with Crippen LogP contribution in [0, 0.1) is 10.1 Å². The molecule has 2 N–H and O–H groups in total. The number of hydrogen-bond donors (Lipinski definition) is 1. The molecule has 1 aromatic carbocycles. The number of nitrogens with two attached hydrogens (primary N) is 1. The average Bonchev–Trinajstić information content (AvgIpc) is 2.33. The van der Waals surface area contributed by atoms with Crippen LogP contribution in [0.3, 0.4) is 0 Å². The highest BCUT2D eigenvalue weighted by Crippen LogP contribution is 2.37. The molecule has 0 aliphatic heterocycles. The van der Waals surface area contributed by atoms with Crippen molar-refractivity contribution in [2.75, 3.05) is 12.4 Å². The molecular weight excluding hydrogens is 388 g/mol. The Balaban J connectivity index is 2.54. The summed E-state index contributed by atoms with van der Waals surface area (Å²) in [7, 11) is -3.45. The first-order chi connectivity index (χ1) is 9.70. The summed E-state index contributed by atoms with van der Waals surface area (Å²) in [5.74, 6) is 0.0217. The zero-order valence-electron chi connectivity index (χ0n) is 10.9. The van der Waals surface area contributed by atoms with Gasteiger partial charge in [0.15, 0.2) is 0 Å². The van der Waals surface area contributed by atoms with E-state index in [1.54, 1.807) is 0 Å². The van der Waals surface area contributed by atoms with Crippen molar-refractivity contribution in [3.05, 3.63) is 31.7 Å². The number of nitro benzene ring substituents is 1. The quantitative estimate of drug-likeness (QED) is 0.409. The van der Waals surface area contributed by atoms with E-state index in [-0.39, 0.29) is 28.8 Å². The van der Waals surface area contributed by atoms with Gasteiger partial charge in [-0.15, -0.1) is 0 Å². The Labute approximate surface area is 135 Å². The molecule has 118 valence electrons. The van der Waals surface area contributed by atoms with Gasteiger partial charge in [0.1, 0.15) is 0 Å². The molecule has 0 fully saturated rings. The van der Waals surface area contributed by atoms with Gasteiger partial charge in [-0.3, -0.25) is 10.1 Å². The fourth-order valence-electron chi connectivity index (χ4n) is 1.58. The zero-order valence-corrected chi connectivity index (χ0v) is 14.1. The number of nitro groups is 1. The third-order valence-corrected chi connectivity index (χ3v) is 4.17. The standard InChI is InChI=1S/C11H14BrClN2O5S/c12-9-6-8(13)7-10(15(16)17)11(9)20-4-2-1-3-5-21(14,18)19/h6-7H,1-5H2,(H2,14,18,19). The second-order valence-corrected chi connectivity index (χ2v) is 7.29. The summed E-state index contributed by atoms with van der Waals surface area (Å²) >= 11 is 8.92. The highest BCUT2D eigenvalue weighted by atomic mass is 79.9. The molecule has 0 aliphatic carbocycles. The van der Waals surface area contributed by atoms with E-state index in [1.807, 2.05) is 0 Å². The van der Waals surface area contributed by atoms with Crippen LogP contribution >= 0.6 is 27.5 Å². The van der Waals surface area contributed by atoms with E-state index >= 15 is 0 Å². The minimum atomic E-state index is -3.45. The number of hydrogen-bond acceptors (Lipinski definition) is 5. The lowest BCUT2D eigenvalue weighted by Crippen LogP contribution is -2.16. The van der Waals surface area contributed by atoms with E-state index in [9.17, 15) is 18.5 Å². The number of rotatable bonds is 8. The summed E-state index contributed by atoms with van der Waals surface area (Å²) < 4.78 is 27.3. The van der Waals surface area contributed by atoms with Gasteiger partial charge in [0.25, 0.3) is 0 Å². The highest BCUT2D eigenvalue weighted by Gasteiger charge is 2.19. The van der Waals surface area contributed by atoms with E-state index in [2.05, 4.69) is 15.9 Å². The molecule has 21 heavy (non-hydrogen) atoms. The Morgan fingerprint density at radius 1 is 1.33 bits per heavy atom. The number of halogens is 2. The van der Waals surface area contributed by atoms with Crippen molar-refractivity contribution in [1.82, 2.24) is 0 Å². The summed E-state index contributed by atoms with van der Waals surface area (Å²) in [6, 6.07) is 2.72. The van der Waals surface area contributed by atoms with E-state index in [0.717, 1.165) is 0 Å². The number of primary sulfonamides is 1. The fourth-order valence-corrected chi connectivity index (χ4v) is 3.10. The van der Waals surface area contributed by atoms with Gasteiger partial charge in [0.2, 0.25) is 15.8 Å². The highest BCUT2D eigenvalue weighted by molar-refractivity contribution is 9.10. The van der Waals surface area contributed by atoms with Crippen molar-refractivity contribution in [1.29, 1.82) is 0 Å². The molecule has 0 saturated heterocycles. The van der Waals surface area contributed by atoms with E-state index in [1.165, 1.54) is 12.1 Å². The van der Waals surface area contributed by atoms with Crippen molar-refractivity contribution in [2.45, 2.75) is 19.3 Å². The first-order valence-electron chi connectivity index (χ1n) is 5.97. The summed E-state index contributed by atoms with van der Waals surface area (Å²) in [4.78, 5) is 10.4. The molecular formula is C11H14BrClN2O5S. The van der Waals surface area contributed by atoms with Gasteiger partial charge in [0.05, 0.1) is 21.8 Å². The van der Waals surface area contributed by atoms with Crippen LogP contribution in [0.1, 0.15) is 19.3 Å². The number of unbranched alkanes of at least 4 members (excludes halogenated alkanes) is 2. The van der Waals surface area contributed by atoms with Crippen LogP contribution in [0.25, 0.3) is 0 Å².